The number of carbonyl (C=O) groups excluding carboxylic acids is 2. The third kappa shape index (κ3) is 4.65. The number of nitrogens with zero attached hydrogens (tertiary/aromatic N) is 2. The molecule has 0 bridgehead atoms. The molecule has 0 aromatic heterocycles. The largest absolute Gasteiger partial charge is 0.319 e. The zero-order chi connectivity index (χ0) is 21.5. The van der Waals surface area contributed by atoms with Crippen LogP contribution in [0.3, 0.4) is 0 Å². The molecule has 1 aliphatic rings. The number of carbonyl (C=O) groups is 2. The first-order valence-electron chi connectivity index (χ1n) is 8.13. The van der Waals surface area contributed by atoms with Crippen molar-refractivity contribution >= 4 is 39.2 Å². The summed E-state index contributed by atoms with van der Waals surface area (Å²) in [7, 11) is -9.79. The fourth-order valence-electron chi connectivity index (χ4n) is 2.49. The van der Waals surface area contributed by atoms with Gasteiger partial charge in [-0.15, -0.1) is 0 Å². The molecule has 0 aliphatic carbocycles. The maximum atomic E-state index is 12.8. The monoisotopic (exact) mass is 434 g/mol. The first kappa shape index (κ1) is 20.6. The summed E-state index contributed by atoms with van der Waals surface area (Å²) >= 11 is 0. The Balaban J connectivity index is 1.79. The molecule has 2 N–H and O–H groups in total. The van der Waals surface area contributed by atoms with E-state index in [-0.39, 0.29) is 23.7 Å². The van der Waals surface area contributed by atoms with Crippen LogP contribution >= 0.6 is 10.2 Å². The molecule has 2 amide bonds. The van der Waals surface area contributed by atoms with Crippen molar-refractivity contribution in [2.75, 3.05) is 10.3 Å². The second-order valence-electron chi connectivity index (χ2n) is 6.22. The van der Waals surface area contributed by atoms with Crippen molar-refractivity contribution in [1.29, 1.82) is 0 Å². The van der Waals surface area contributed by atoms with Gasteiger partial charge >= 0.3 is 10.2 Å². The van der Waals surface area contributed by atoms with Crippen molar-refractivity contribution < 1.29 is 29.0 Å². The smallest absolute Gasteiger partial charge is 0.310 e. The number of para-hydroxylation sites is 1. The molecule has 12 heteroatoms. The van der Waals surface area contributed by atoms with E-state index in [4.69, 9.17) is 0 Å². The number of aliphatic imine (C=N–C) groups is 1. The van der Waals surface area contributed by atoms with Crippen molar-refractivity contribution in [1.82, 2.24) is 5.43 Å². The summed E-state index contributed by atoms with van der Waals surface area (Å²) in [5, 5.41) is 3.37. The van der Waals surface area contributed by atoms with Crippen LogP contribution in [0.5, 0.6) is 0 Å². The second-order valence-corrected chi connectivity index (χ2v) is 8.63. The predicted molar refractivity (Wildman–Crippen MR) is 100 cm³/mol. The van der Waals surface area contributed by atoms with E-state index in [0.29, 0.717) is 17.8 Å². The molecule has 3 rings (SSSR count). The Morgan fingerprint density at radius 3 is 2.17 bits per heavy atom. The molecular formula is C17H15F5N4O2S. The predicted octanol–water partition coefficient (Wildman–Crippen LogP) is 4.62. The van der Waals surface area contributed by atoms with Crippen molar-refractivity contribution in [3.8, 4) is 0 Å². The van der Waals surface area contributed by atoms with Gasteiger partial charge in [0.15, 0.2) is 0 Å². The number of anilines is 2. The maximum absolute atomic E-state index is 12.8. The Labute approximate surface area is 162 Å². The summed E-state index contributed by atoms with van der Waals surface area (Å²) in [5.41, 5.74) is 2.84. The lowest BCUT2D eigenvalue weighted by Gasteiger charge is -2.40. The molecule has 0 unspecified atom stereocenters. The van der Waals surface area contributed by atoms with Gasteiger partial charge in [-0.2, -0.15) is 0 Å². The highest BCUT2D eigenvalue weighted by Gasteiger charge is 2.65. The lowest BCUT2D eigenvalue weighted by Crippen LogP contribution is -2.57. The topological polar surface area (TPSA) is 73.8 Å². The fraction of sp³-hybridized carbons (Fsp3) is 0.118. The number of amides is 2. The highest BCUT2D eigenvalue weighted by Crippen LogP contribution is 3.02. The van der Waals surface area contributed by atoms with Gasteiger partial charge in [0.25, 0.3) is 11.8 Å². The number of rotatable bonds is 4. The summed E-state index contributed by atoms with van der Waals surface area (Å²) in [4.78, 5) is 26.6. The normalized spacial score (nSPS) is 19.5. The average molecular weight is 434 g/mol. The molecule has 2 aromatic carbocycles. The summed E-state index contributed by atoms with van der Waals surface area (Å²) in [6, 6.07) is 9.24. The van der Waals surface area contributed by atoms with Gasteiger partial charge in [0.2, 0.25) is 5.84 Å². The molecule has 1 aliphatic heterocycles. The van der Waals surface area contributed by atoms with Crippen molar-refractivity contribution in [3.63, 3.8) is 0 Å². The number of halogens is 5. The van der Waals surface area contributed by atoms with E-state index in [2.05, 4.69) is 15.7 Å². The van der Waals surface area contributed by atoms with E-state index < -0.39 is 33.0 Å². The molecule has 2 aromatic rings. The summed E-state index contributed by atoms with van der Waals surface area (Å²) in [5.74, 6) is -1.55. The molecular weight excluding hydrogens is 419 g/mol. The zero-order valence-electron chi connectivity index (χ0n) is 14.8. The van der Waals surface area contributed by atoms with Crippen LogP contribution in [0.2, 0.25) is 0 Å². The van der Waals surface area contributed by atoms with Crippen molar-refractivity contribution in [3.05, 3.63) is 54.6 Å². The Hall–Kier alpha value is -3.15. The standard InChI is InChI=1S/C17H15F5N4O2S/c1-11-17(28)26(13-5-3-2-4-6-13)25-15(23-11)16(27)24-12-7-9-14(10-8-12)29(18,19,20,21)22/h2-11H,1H3,(H,23,25)(H,24,27)/t11-/m1/s1. The van der Waals surface area contributed by atoms with Crippen LogP contribution in [0.25, 0.3) is 0 Å². The van der Waals surface area contributed by atoms with Crippen LogP contribution in [0.1, 0.15) is 6.92 Å². The summed E-state index contributed by atoms with van der Waals surface area (Å²) < 4.78 is 63.8. The van der Waals surface area contributed by atoms with E-state index in [0.717, 1.165) is 5.01 Å². The first-order chi connectivity index (χ1) is 13.2. The molecule has 156 valence electrons. The molecule has 6 nitrogen and oxygen atoms in total. The van der Waals surface area contributed by atoms with Crippen LogP contribution < -0.4 is 15.8 Å². The van der Waals surface area contributed by atoms with Gasteiger partial charge in [-0.3, -0.25) is 15.0 Å². The van der Waals surface area contributed by atoms with E-state index >= 15 is 0 Å². The van der Waals surface area contributed by atoms with Gasteiger partial charge in [0.1, 0.15) is 10.9 Å². The number of amidine groups is 1. The van der Waals surface area contributed by atoms with E-state index in [1.807, 2.05) is 0 Å². The third-order valence-corrected chi connectivity index (χ3v) is 5.07. The Kier molecular flexibility index (Phi) is 4.38. The lowest BCUT2D eigenvalue weighted by molar-refractivity contribution is -0.120. The molecule has 29 heavy (non-hydrogen) atoms. The quantitative estimate of drug-likeness (QED) is 0.690. The molecule has 0 radical (unpaired) electrons. The van der Waals surface area contributed by atoms with Crippen LogP contribution in [0.15, 0.2) is 64.5 Å². The molecule has 0 fully saturated rings. The maximum Gasteiger partial charge on any atom is 0.310 e. The number of hydrazine groups is 1. The van der Waals surface area contributed by atoms with Crippen molar-refractivity contribution in [2.24, 2.45) is 4.99 Å². The van der Waals surface area contributed by atoms with Crippen LogP contribution in [-0.2, 0) is 9.59 Å². The minimum absolute atomic E-state index is 0.152. The minimum atomic E-state index is -9.79. The highest BCUT2D eigenvalue weighted by atomic mass is 32.5. The van der Waals surface area contributed by atoms with E-state index in [1.165, 1.54) is 6.92 Å². The second kappa shape index (κ2) is 6.17. The fourth-order valence-corrected chi connectivity index (χ4v) is 3.14. The summed E-state index contributed by atoms with van der Waals surface area (Å²) in [6.45, 7) is 1.47. The first-order valence-corrected chi connectivity index (χ1v) is 10.1. The Bertz CT molecular complexity index is 995. The molecule has 1 atom stereocenters. The SMILES string of the molecule is C[C@H]1N=C(C(=O)Nc2ccc(S(F)(F)(F)(F)F)cc2)NN(c2ccccc2)C1=O. The van der Waals surface area contributed by atoms with Gasteiger partial charge in [0.05, 0.1) is 5.69 Å². The number of nitrogens with one attached hydrogen (secondary N) is 2. The molecule has 0 saturated carbocycles. The zero-order valence-corrected chi connectivity index (χ0v) is 15.6. The summed E-state index contributed by atoms with van der Waals surface area (Å²) in [6.07, 6.45) is 0. The van der Waals surface area contributed by atoms with Gasteiger partial charge in [-0.1, -0.05) is 37.6 Å². The van der Waals surface area contributed by atoms with Crippen LogP contribution in [0.4, 0.5) is 30.8 Å². The number of hydrogen-bond donors (Lipinski definition) is 2. The molecule has 0 saturated heterocycles. The molecule has 0 spiro atoms. The van der Waals surface area contributed by atoms with Gasteiger partial charge < -0.3 is 5.32 Å². The van der Waals surface area contributed by atoms with Crippen LogP contribution in [-0.4, -0.2) is 23.7 Å². The average Bonchev–Trinajstić information content (AvgIpc) is 2.63. The van der Waals surface area contributed by atoms with E-state index in [9.17, 15) is 29.0 Å². The van der Waals surface area contributed by atoms with Gasteiger partial charge in [-0.25, -0.2) is 10.0 Å². The van der Waals surface area contributed by atoms with Crippen LogP contribution in [0, 0.1) is 0 Å². The highest BCUT2D eigenvalue weighted by molar-refractivity contribution is 8.45. The Morgan fingerprint density at radius 1 is 1.03 bits per heavy atom. The number of benzene rings is 2. The lowest BCUT2D eigenvalue weighted by atomic mass is 10.2. The van der Waals surface area contributed by atoms with E-state index in [1.54, 1.807) is 30.3 Å². The molecule has 1 heterocycles. The van der Waals surface area contributed by atoms with Crippen molar-refractivity contribution in [2.45, 2.75) is 17.9 Å². The van der Waals surface area contributed by atoms with Gasteiger partial charge in [0, 0.05) is 5.69 Å². The third-order valence-electron chi connectivity index (χ3n) is 3.91. The minimum Gasteiger partial charge on any atom is -0.319 e. The number of hydrogen-bond acceptors (Lipinski definition) is 4. The van der Waals surface area contributed by atoms with Gasteiger partial charge in [-0.05, 0) is 43.3 Å². The Morgan fingerprint density at radius 2 is 1.62 bits per heavy atom.